The number of nitrogens with zero attached hydrogens (tertiary/aromatic N) is 1. The lowest BCUT2D eigenvalue weighted by Gasteiger charge is -2.34. The van der Waals surface area contributed by atoms with Crippen molar-refractivity contribution in [2.24, 2.45) is 5.92 Å². The smallest absolute Gasteiger partial charge is 0.226 e. The zero-order valence-corrected chi connectivity index (χ0v) is 15.6. The molecular weight excluding hydrogens is 318 g/mol. The second-order valence-corrected chi connectivity index (χ2v) is 6.94. The first-order chi connectivity index (χ1) is 12.0. The largest absolute Gasteiger partial charge is 0.390 e. The Hall–Kier alpha value is -1.43. The third kappa shape index (κ3) is 5.80. The molecule has 1 N–H and O–H groups in total. The fraction of sp³-hybridized carbons (Fsp3) is 0.650. The SMILES string of the molecule is COCCCN(Cc1ccc(C)cc1)C(=O)[C@@H]1CC[C@H](O)[C@H](OC)C1. The van der Waals surface area contributed by atoms with E-state index in [1.807, 2.05) is 4.90 Å². The van der Waals surface area contributed by atoms with Crippen LogP contribution in [0, 0.1) is 12.8 Å². The molecule has 25 heavy (non-hydrogen) atoms. The van der Waals surface area contributed by atoms with Gasteiger partial charge < -0.3 is 19.5 Å². The molecule has 1 amide bonds. The maximum absolute atomic E-state index is 13.1. The molecule has 0 bridgehead atoms. The Bertz CT molecular complexity index is 531. The fourth-order valence-electron chi connectivity index (χ4n) is 3.43. The summed E-state index contributed by atoms with van der Waals surface area (Å²) in [5, 5.41) is 9.98. The van der Waals surface area contributed by atoms with Crippen LogP contribution in [0.3, 0.4) is 0 Å². The van der Waals surface area contributed by atoms with Crippen LogP contribution in [0.4, 0.5) is 0 Å². The highest BCUT2D eigenvalue weighted by Crippen LogP contribution is 2.28. The number of hydrogen-bond acceptors (Lipinski definition) is 4. The molecule has 5 nitrogen and oxygen atoms in total. The van der Waals surface area contributed by atoms with E-state index in [4.69, 9.17) is 9.47 Å². The summed E-state index contributed by atoms with van der Waals surface area (Å²) < 4.78 is 10.5. The molecule has 140 valence electrons. The van der Waals surface area contributed by atoms with Crippen molar-refractivity contribution in [3.63, 3.8) is 0 Å². The summed E-state index contributed by atoms with van der Waals surface area (Å²) >= 11 is 0. The quantitative estimate of drug-likeness (QED) is 0.733. The number of amides is 1. The van der Waals surface area contributed by atoms with Crippen LogP contribution in [0.2, 0.25) is 0 Å². The number of methoxy groups -OCH3 is 2. The number of hydrogen-bond donors (Lipinski definition) is 1. The number of benzene rings is 1. The molecule has 1 aliphatic rings. The van der Waals surface area contributed by atoms with Crippen molar-refractivity contribution < 1.29 is 19.4 Å². The van der Waals surface area contributed by atoms with Crippen molar-refractivity contribution in [2.45, 2.75) is 51.4 Å². The fourth-order valence-corrected chi connectivity index (χ4v) is 3.43. The average molecular weight is 349 g/mol. The predicted molar refractivity (Wildman–Crippen MR) is 97.2 cm³/mol. The summed E-state index contributed by atoms with van der Waals surface area (Å²) in [5.41, 5.74) is 2.35. The van der Waals surface area contributed by atoms with Gasteiger partial charge in [-0.3, -0.25) is 4.79 Å². The topological polar surface area (TPSA) is 59.0 Å². The van der Waals surface area contributed by atoms with E-state index < -0.39 is 6.10 Å². The van der Waals surface area contributed by atoms with Crippen molar-refractivity contribution in [2.75, 3.05) is 27.4 Å². The Labute approximate surface area is 150 Å². The Morgan fingerprint density at radius 2 is 1.96 bits per heavy atom. The highest BCUT2D eigenvalue weighted by molar-refractivity contribution is 5.79. The highest BCUT2D eigenvalue weighted by Gasteiger charge is 2.34. The molecule has 0 saturated heterocycles. The van der Waals surface area contributed by atoms with Gasteiger partial charge in [-0.05, 0) is 38.2 Å². The molecule has 0 spiro atoms. The number of rotatable bonds is 8. The third-order valence-corrected chi connectivity index (χ3v) is 4.99. The lowest BCUT2D eigenvalue weighted by molar-refractivity contribution is -0.141. The Balaban J connectivity index is 2.05. The third-order valence-electron chi connectivity index (χ3n) is 4.99. The zero-order valence-electron chi connectivity index (χ0n) is 15.6. The minimum atomic E-state index is -0.465. The van der Waals surface area contributed by atoms with Gasteiger partial charge in [0.15, 0.2) is 0 Å². The molecule has 0 aromatic heterocycles. The maximum atomic E-state index is 13.1. The molecule has 3 atom stereocenters. The van der Waals surface area contributed by atoms with Crippen LogP contribution in [0.15, 0.2) is 24.3 Å². The normalized spacial score (nSPS) is 23.4. The summed E-state index contributed by atoms with van der Waals surface area (Å²) in [6.45, 7) is 3.99. The van der Waals surface area contributed by atoms with Gasteiger partial charge in [0.1, 0.15) is 0 Å². The van der Waals surface area contributed by atoms with E-state index in [0.717, 1.165) is 12.0 Å². The maximum Gasteiger partial charge on any atom is 0.226 e. The van der Waals surface area contributed by atoms with E-state index in [1.54, 1.807) is 14.2 Å². The van der Waals surface area contributed by atoms with Gasteiger partial charge in [-0.2, -0.15) is 0 Å². The second kappa shape index (κ2) is 9.90. The van der Waals surface area contributed by atoms with Gasteiger partial charge in [-0.15, -0.1) is 0 Å². The van der Waals surface area contributed by atoms with Crippen molar-refractivity contribution in [1.82, 2.24) is 4.90 Å². The Morgan fingerprint density at radius 3 is 2.60 bits per heavy atom. The number of aryl methyl sites for hydroxylation is 1. The summed E-state index contributed by atoms with van der Waals surface area (Å²) in [7, 11) is 3.28. The van der Waals surface area contributed by atoms with Crippen molar-refractivity contribution in [3.05, 3.63) is 35.4 Å². The van der Waals surface area contributed by atoms with E-state index in [1.165, 1.54) is 5.56 Å². The Kier molecular flexibility index (Phi) is 7.88. The van der Waals surface area contributed by atoms with E-state index >= 15 is 0 Å². The number of ether oxygens (including phenoxy) is 2. The van der Waals surface area contributed by atoms with E-state index in [2.05, 4.69) is 31.2 Å². The first-order valence-electron chi connectivity index (χ1n) is 9.09. The molecule has 5 heteroatoms. The van der Waals surface area contributed by atoms with Gasteiger partial charge in [0, 0.05) is 39.8 Å². The van der Waals surface area contributed by atoms with Crippen LogP contribution < -0.4 is 0 Å². The van der Waals surface area contributed by atoms with Crippen LogP contribution in [0.5, 0.6) is 0 Å². The van der Waals surface area contributed by atoms with Crippen LogP contribution in [0.1, 0.15) is 36.8 Å². The van der Waals surface area contributed by atoms with Gasteiger partial charge in [0.2, 0.25) is 5.91 Å². The molecule has 1 fully saturated rings. The van der Waals surface area contributed by atoms with Crippen LogP contribution >= 0.6 is 0 Å². The molecule has 0 heterocycles. The van der Waals surface area contributed by atoms with Crippen molar-refractivity contribution in [1.29, 1.82) is 0 Å². The van der Waals surface area contributed by atoms with Gasteiger partial charge in [-0.1, -0.05) is 29.8 Å². The van der Waals surface area contributed by atoms with Gasteiger partial charge in [-0.25, -0.2) is 0 Å². The molecule has 2 rings (SSSR count). The van der Waals surface area contributed by atoms with E-state index in [0.29, 0.717) is 39.0 Å². The summed E-state index contributed by atoms with van der Waals surface area (Å²) in [5.74, 6) is 0.0759. The molecule has 1 saturated carbocycles. The van der Waals surface area contributed by atoms with E-state index in [9.17, 15) is 9.90 Å². The first-order valence-corrected chi connectivity index (χ1v) is 9.09. The lowest BCUT2D eigenvalue weighted by Crippen LogP contribution is -2.43. The summed E-state index contributed by atoms with van der Waals surface area (Å²) in [6, 6.07) is 8.30. The molecule has 0 aliphatic heterocycles. The summed E-state index contributed by atoms with van der Waals surface area (Å²) in [4.78, 5) is 15.0. The van der Waals surface area contributed by atoms with Crippen LogP contribution in [-0.2, 0) is 20.8 Å². The molecule has 1 aliphatic carbocycles. The molecule has 0 radical (unpaired) electrons. The number of aliphatic hydroxyl groups is 1. The molecule has 1 aromatic rings. The van der Waals surface area contributed by atoms with Crippen molar-refractivity contribution >= 4 is 5.91 Å². The lowest BCUT2D eigenvalue weighted by atomic mass is 9.84. The first kappa shape index (κ1) is 19.9. The Morgan fingerprint density at radius 1 is 1.24 bits per heavy atom. The molecule has 1 aromatic carbocycles. The average Bonchev–Trinajstić information content (AvgIpc) is 2.62. The zero-order chi connectivity index (χ0) is 18.2. The number of carbonyl (C=O) groups excluding carboxylic acids is 1. The second-order valence-electron chi connectivity index (χ2n) is 6.94. The monoisotopic (exact) mass is 349 g/mol. The predicted octanol–water partition coefficient (Wildman–Crippen LogP) is 2.54. The standard InChI is InChI=1S/C20H31NO4/c1-15-5-7-16(8-6-15)14-21(11-4-12-24-2)20(23)17-9-10-18(22)19(13-17)25-3/h5-8,17-19,22H,4,9-14H2,1-3H3/t17-,18+,19-/m1/s1. The molecule has 0 unspecified atom stereocenters. The van der Waals surface area contributed by atoms with E-state index in [-0.39, 0.29) is 17.9 Å². The molecular formula is C20H31NO4. The van der Waals surface area contributed by atoms with Crippen molar-refractivity contribution in [3.8, 4) is 0 Å². The number of aliphatic hydroxyl groups excluding tert-OH is 1. The van der Waals surface area contributed by atoms with Gasteiger partial charge in [0.05, 0.1) is 12.2 Å². The van der Waals surface area contributed by atoms with Gasteiger partial charge in [0.25, 0.3) is 0 Å². The van der Waals surface area contributed by atoms with Crippen LogP contribution in [0.25, 0.3) is 0 Å². The van der Waals surface area contributed by atoms with Gasteiger partial charge >= 0.3 is 0 Å². The summed E-state index contributed by atoms with van der Waals surface area (Å²) in [6.07, 6.45) is 2.03. The van der Waals surface area contributed by atoms with Crippen LogP contribution in [-0.4, -0.2) is 55.5 Å². The highest BCUT2D eigenvalue weighted by atomic mass is 16.5. The number of carbonyl (C=O) groups is 1. The minimum Gasteiger partial charge on any atom is -0.390 e. The minimum absolute atomic E-state index is 0.0821.